The van der Waals surface area contributed by atoms with Crippen LogP contribution in [0.15, 0.2) is 30.3 Å². The van der Waals surface area contributed by atoms with Crippen LogP contribution in [0.3, 0.4) is 0 Å². The topological polar surface area (TPSA) is 32.3 Å². The van der Waals surface area contributed by atoms with E-state index in [1.807, 2.05) is 37.4 Å². The van der Waals surface area contributed by atoms with Gasteiger partial charge >= 0.3 is 0 Å². The Balaban J connectivity index is 2.67. The zero-order chi connectivity index (χ0) is 10.4. The van der Waals surface area contributed by atoms with Gasteiger partial charge in [-0.3, -0.25) is 0 Å². The summed E-state index contributed by atoms with van der Waals surface area (Å²) in [7, 11) is 1.90. The third-order valence-corrected chi connectivity index (χ3v) is 2.49. The van der Waals surface area contributed by atoms with Crippen LogP contribution < -0.4 is 5.32 Å². The summed E-state index contributed by atoms with van der Waals surface area (Å²) < 4.78 is 0. The van der Waals surface area contributed by atoms with Crippen LogP contribution in [-0.2, 0) is 0 Å². The summed E-state index contributed by atoms with van der Waals surface area (Å²) in [5, 5.41) is 13.2. The summed E-state index contributed by atoms with van der Waals surface area (Å²) in [5.41, 5.74) is 0.986. The lowest BCUT2D eigenvalue weighted by Gasteiger charge is -2.22. The molecule has 0 saturated carbocycles. The maximum Gasteiger partial charge on any atom is 0.0942 e. The van der Waals surface area contributed by atoms with Gasteiger partial charge in [-0.15, -0.1) is 0 Å². The van der Waals surface area contributed by atoms with Gasteiger partial charge in [-0.25, -0.2) is 0 Å². The highest BCUT2D eigenvalue weighted by molar-refractivity contribution is 5.18. The van der Waals surface area contributed by atoms with E-state index in [-0.39, 0.29) is 6.04 Å². The quantitative estimate of drug-likeness (QED) is 0.750. The highest BCUT2D eigenvalue weighted by Crippen LogP contribution is 2.18. The number of benzene rings is 1. The van der Waals surface area contributed by atoms with Crippen molar-refractivity contribution in [2.75, 3.05) is 7.05 Å². The van der Waals surface area contributed by atoms with Gasteiger partial charge in [-0.05, 0) is 19.0 Å². The summed E-state index contributed by atoms with van der Waals surface area (Å²) in [6.07, 6.45) is 1.67. The molecule has 0 aliphatic heterocycles. The molecule has 2 heteroatoms. The minimum atomic E-state index is -0.402. The molecule has 1 rings (SSSR count). The second kappa shape index (κ2) is 5.78. The van der Waals surface area contributed by atoms with E-state index in [4.69, 9.17) is 0 Å². The second-order valence-corrected chi connectivity index (χ2v) is 3.54. The molecule has 0 aliphatic rings. The number of nitrogens with one attached hydrogen (secondary N) is 1. The van der Waals surface area contributed by atoms with Crippen molar-refractivity contribution >= 4 is 0 Å². The lowest BCUT2D eigenvalue weighted by atomic mass is 9.99. The molecular formula is C12H19NO. The Labute approximate surface area is 86.0 Å². The Morgan fingerprint density at radius 1 is 1.29 bits per heavy atom. The van der Waals surface area contributed by atoms with Crippen molar-refractivity contribution < 1.29 is 5.11 Å². The minimum absolute atomic E-state index is 0.155. The number of likely N-dealkylation sites (N-methyl/N-ethyl adjacent to an activating group) is 1. The summed E-state index contributed by atoms with van der Waals surface area (Å²) in [5.74, 6) is 0. The van der Waals surface area contributed by atoms with Gasteiger partial charge in [0.25, 0.3) is 0 Å². The molecule has 0 saturated heterocycles. The predicted octanol–water partition coefficient (Wildman–Crippen LogP) is 2.11. The second-order valence-electron chi connectivity index (χ2n) is 3.54. The largest absolute Gasteiger partial charge is 0.387 e. The zero-order valence-corrected chi connectivity index (χ0v) is 8.90. The van der Waals surface area contributed by atoms with E-state index in [1.54, 1.807) is 0 Å². The molecule has 0 fully saturated rings. The van der Waals surface area contributed by atoms with Crippen molar-refractivity contribution in [1.82, 2.24) is 5.32 Å². The first-order valence-corrected chi connectivity index (χ1v) is 5.19. The Kier molecular flexibility index (Phi) is 4.63. The first-order chi connectivity index (χ1) is 6.79. The lowest BCUT2D eigenvalue weighted by Crippen LogP contribution is -2.31. The van der Waals surface area contributed by atoms with Crippen molar-refractivity contribution in [2.24, 2.45) is 0 Å². The highest BCUT2D eigenvalue weighted by Gasteiger charge is 2.17. The van der Waals surface area contributed by atoms with E-state index in [2.05, 4.69) is 12.2 Å². The summed E-state index contributed by atoms with van der Waals surface area (Å²) in [4.78, 5) is 0. The van der Waals surface area contributed by atoms with Gasteiger partial charge < -0.3 is 10.4 Å². The number of aliphatic hydroxyl groups is 1. The fraction of sp³-hybridized carbons (Fsp3) is 0.500. The molecule has 1 aromatic carbocycles. The zero-order valence-electron chi connectivity index (χ0n) is 8.90. The molecule has 14 heavy (non-hydrogen) atoms. The molecule has 0 aliphatic carbocycles. The number of hydrogen-bond acceptors (Lipinski definition) is 2. The number of rotatable bonds is 5. The third-order valence-electron chi connectivity index (χ3n) is 2.49. The predicted molar refractivity (Wildman–Crippen MR) is 59.2 cm³/mol. The van der Waals surface area contributed by atoms with Crippen molar-refractivity contribution in [3.8, 4) is 0 Å². The average Bonchev–Trinajstić information content (AvgIpc) is 2.26. The van der Waals surface area contributed by atoms with Crippen molar-refractivity contribution in [2.45, 2.75) is 31.9 Å². The minimum Gasteiger partial charge on any atom is -0.387 e. The summed E-state index contributed by atoms with van der Waals surface area (Å²) >= 11 is 0. The fourth-order valence-corrected chi connectivity index (χ4v) is 1.65. The molecule has 78 valence electrons. The third kappa shape index (κ3) is 2.82. The highest BCUT2D eigenvalue weighted by atomic mass is 16.3. The molecule has 0 heterocycles. The molecule has 0 unspecified atom stereocenters. The van der Waals surface area contributed by atoms with Gasteiger partial charge in [-0.1, -0.05) is 43.7 Å². The Hall–Kier alpha value is -0.860. The molecule has 2 atom stereocenters. The Morgan fingerprint density at radius 2 is 1.93 bits per heavy atom. The van der Waals surface area contributed by atoms with E-state index in [0.29, 0.717) is 0 Å². The molecule has 0 radical (unpaired) electrons. The Bertz CT molecular complexity index is 248. The van der Waals surface area contributed by atoms with Crippen LogP contribution in [0, 0.1) is 0 Å². The fourth-order valence-electron chi connectivity index (χ4n) is 1.65. The SMILES string of the molecule is CCC[C@@H](NC)[C@H](O)c1ccccc1. The van der Waals surface area contributed by atoms with Gasteiger partial charge in [0.15, 0.2) is 0 Å². The smallest absolute Gasteiger partial charge is 0.0942 e. The molecule has 2 nitrogen and oxygen atoms in total. The molecule has 2 N–H and O–H groups in total. The first kappa shape index (κ1) is 11.2. The van der Waals surface area contributed by atoms with E-state index in [1.165, 1.54) is 0 Å². The van der Waals surface area contributed by atoms with Crippen molar-refractivity contribution in [3.05, 3.63) is 35.9 Å². The van der Waals surface area contributed by atoms with Crippen LogP contribution >= 0.6 is 0 Å². The van der Waals surface area contributed by atoms with Crippen LogP contribution in [0.25, 0.3) is 0 Å². The molecular weight excluding hydrogens is 174 g/mol. The molecule has 0 aromatic heterocycles. The van der Waals surface area contributed by atoms with Crippen molar-refractivity contribution in [1.29, 1.82) is 0 Å². The van der Waals surface area contributed by atoms with Gasteiger partial charge in [0.1, 0.15) is 0 Å². The van der Waals surface area contributed by atoms with E-state index < -0.39 is 6.10 Å². The standard InChI is InChI=1S/C12H19NO/c1-3-7-11(13-2)12(14)10-8-5-4-6-9-10/h4-6,8-9,11-14H,3,7H2,1-2H3/t11-,12-/m1/s1. The molecule has 0 amide bonds. The summed E-state index contributed by atoms with van der Waals surface area (Å²) in [6, 6.07) is 9.95. The van der Waals surface area contributed by atoms with Crippen molar-refractivity contribution in [3.63, 3.8) is 0 Å². The average molecular weight is 193 g/mol. The molecule has 0 spiro atoms. The van der Waals surface area contributed by atoms with Crippen LogP contribution in [-0.4, -0.2) is 18.2 Å². The van der Waals surface area contributed by atoms with Gasteiger partial charge in [0.05, 0.1) is 6.10 Å². The van der Waals surface area contributed by atoms with Crippen LogP contribution in [0.1, 0.15) is 31.4 Å². The maximum atomic E-state index is 10.0. The summed E-state index contributed by atoms with van der Waals surface area (Å²) in [6.45, 7) is 2.13. The monoisotopic (exact) mass is 193 g/mol. The lowest BCUT2D eigenvalue weighted by molar-refractivity contribution is 0.127. The molecule has 1 aromatic rings. The Morgan fingerprint density at radius 3 is 2.43 bits per heavy atom. The molecule has 0 bridgehead atoms. The van der Waals surface area contributed by atoms with Gasteiger partial charge in [0, 0.05) is 6.04 Å². The normalized spacial score (nSPS) is 15.1. The first-order valence-electron chi connectivity index (χ1n) is 5.19. The van der Waals surface area contributed by atoms with Gasteiger partial charge in [0.2, 0.25) is 0 Å². The van der Waals surface area contributed by atoms with E-state index >= 15 is 0 Å². The number of aliphatic hydroxyl groups excluding tert-OH is 1. The van der Waals surface area contributed by atoms with Crippen LogP contribution in [0.4, 0.5) is 0 Å². The van der Waals surface area contributed by atoms with E-state index in [0.717, 1.165) is 18.4 Å². The maximum absolute atomic E-state index is 10.0. The van der Waals surface area contributed by atoms with Crippen LogP contribution in [0.5, 0.6) is 0 Å². The number of hydrogen-bond donors (Lipinski definition) is 2. The van der Waals surface area contributed by atoms with E-state index in [9.17, 15) is 5.11 Å². The van der Waals surface area contributed by atoms with Gasteiger partial charge in [-0.2, -0.15) is 0 Å². The van der Waals surface area contributed by atoms with Crippen LogP contribution in [0.2, 0.25) is 0 Å².